The zero-order valence-corrected chi connectivity index (χ0v) is 20.9. The number of nitrogens with zero attached hydrogens (tertiary/aromatic N) is 2. The highest BCUT2D eigenvalue weighted by molar-refractivity contribution is 6.14. The van der Waals surface area contributed by atoms with Crippen LogP contribution in [0.1, 0.15) is 62.1 Å². The molecule has 168 valence electrons. The Balaban J connectivity index is 1.64. The molecule has 0 atom stereocenters. The van der Waals surface area contributed by atoms with Crippen molar-refractivity contribution < 1.29 is 4.57 Å². The van der Waals surface area contributed by atoms with Crippen molar-refractivity contribution >= 4 is 32.9 Å². The SMILES string of the molecule is Cc1c2c(c(C)c3ccccc13)N(C)c1cc(C3CCC(C)(C)CC3)cc3cc[n+](C)c-2c13. The third-order valence-electron chi connectivity index (χ3n) is 8.68. The zero-order chi connectivity index (χ0) is 23.1. The summed E-state index contributed by atoms with van der Waals surface area (Å²) in [6.07, 6.45) is 7.50. The van der Waals surface area contributed by atoms with Gasteiger partial charge < -0.3 is 4.90 Å². The monoisotopic (exact) mass is 435 g/mol. The largest absolute Gasteiger partial charge is 0.343 e. The highest BCUT2D eigenvalue weighted by Crippen LogP contribution is 2.52. The van der Waals surface area contributed by atoms with Crippen LogP contribution < -0.4 is 9.47 Å². The molecule has 6 rings (SSSR count). The summed E-state index contributed by atoms with van der Waals surface area (Å²) >= 11 is 0. The zero-order valence-electron chi connectivity index (χ0n) is 20.9. The number of pyridine rings is 1. The lowest BCUT2D eigenvalue weighted by atomic mass is 9.71. The third kappa shape index (κ3) is 2.96. The minimum Gasteiger partial charge on any atom is -0.343 e. The molecule has 4 aromatic rings. The molecule has 1 fully saturated rings. The van der Waals surface area contributed by atoms with Crippen LogP contribution in [0.4, 0.5) is 11.4 Å². The highest BCUT2D eigenvalue weighted by atomic mass is 15.1. The van der Waals surface area contributed by atoms with Crippen molar-refractivity contribution in [3.63, 3.8) is 0 Å². The fourth-order valence-electron chi connectivity index (χ4n) is 6.63. The second-order valence-electron chi connectivity index (χ2n) is 11.3. The van der Waals surface area contributed by atoms with E-state index in [0.717, 1.165) is 0 Å². The number of rotatable bonds is 1. The molecule has 1 saturated carbocycles. The maximum atomic E-state index is 2.52. The Bertz CT molecular complexity index is 1430. The van der Waals surface area contributed by atoms with E-state index in [0.29, 0.717) is 11.3 Å². The Morgan fingerprint density at radius 3 is 2.30 bits per heavy atom. The minimum absolute atomic E-state index is 0.494. The Kier molecular flexibility index (Phi) is 4.43. The van der Waals surface area contributed by atoms with Gasteiger partial charge in [-0.15, -0.1) is 0 Å². The molecule has 1 aromatic heterocycles. The van der Waals surface area contributed by atoms with E-state index in [9.17, 15) is 0 Å². The summed E-state index contributed by atoms with van der Waals surface area (Å²) in [6, 6.07) is 16.2. The molecule has 2 heteroatoms. The van der Waals surface area contributed by atoms with E-state index in [1.54, 1.807) is 0 Å². The van der Waals surface area contributed by atoms with Crippen molar-refractivity contribution in [3.05, 3.63) is 65.4 Å². The average Bonchev–Trinajstić information content (AvgIpc) is 2.80. The molecule has 0 spiro atoms. The maximum absolute atomic E-state index is 2.52. The van der Waals surface area contributed by atoms with Gasteiger partial charge in [-0.2, -0.15) is 0 Å². The molecular weight excluding hydrogens is 400 g/mol. The molecule has 0 unspecified atom stereocenters. The van der Waals surface area contributed by atoms with Gasteiger partial charge >= 0.3 is 0 Å². The third-order valence-corrected chi connectivity index (χ3v) is 8.68. The molecule has 3 aromatic carbocycles. The van der Waals surface area contributed by atoms with E-state index in [1.807, 2.05) is 0 Å². The fourth-order valence-corrected chi connectivity index (χ4v) is 6.63. The van der Waals surface area contributed by atoms with Crippen molar-refractivity contribution in [1.29, 1.82) is 0 Å². The molecule has 0 amide bonds. The van der Waals surface area contributed by atoms with Crippen molar-refractivity contribution in [1.82, 2.24) is 0 Å². The average molecular weight is 436 g/mol. The Hall–Kier alpha value is -2.87. The predicted octanol–water partition coefficient (Wildman–Crippen LogP) is 7.87. The van der Waals surface area contributed by atoms with Crippen molar-refractivity contribution in [2.24, 2.45) is 12.5 Å². The van der Waals surface area contributed by atoms with Crippen LogP contribution in [-0.4, -0.2) is 7.05 Å². The molecule has 1 aliphatic heterocycles. The molecule has 1 aliphatic carbocycles. The molecule has 2 heterocycles. The van der Waals surface area contributed by atoms with E-state index in [-0.39, 0.29) is 0 Å². The molecule has 0 N–H and O–H groups in total. The number of benzene rings is 3. The van der Waals surface area contributed by atoms with Crippen LogP contribution in [-0.2, 0) is 7.05 Å². The van der Waals surface area contributed by atoms with Gasteiger partial charge in [0.05, 0.1) is 22.3 Å². The highest BCUT2D eigenvalue weighted by Gasteiger charge is 2.34. The molecule has 2 aliphatic rings. The first-order valence-corrected chi connectivity index (χ1v) is 12.5. The van der Waals surface area contributed by atoms with E-state index < -0.39 is 0 Å². The molecule has 0 radical (unpaired) electrons. The molecule has 0 bridgehead atoms. The lowest BCUT2D eigenvalue weighted by Gasteiger charge is -2.36. The molecule has 0 saturated heterocycles. The summed E-state index contributed by atoms with van der Waals surface area (Å²) < 4.78 is 2.34. The number of hydrogen-bond acceptors (Lipinski definition) is 1. The van der Waals surface area contributed by atoms with Gasteiger partial charge in [-0.3, -0.25) is 0 Å². The molecule has 2 nitrogen and oxygen atoms in total. The second kappa shape index (κ2) is 7.06. The standard InChI is InChI=1S/C31H35N2/c1-19-24-9-7-8-10-25(24)20(2)29-27(19)30-28-22(13-16-32(30)5)17-23(18-26(28)33(29)6)21-11-14-31(3,4)15-12-21/h7-10,13,16-18,21H,11-12,14-15H2,1-6H3/q+1. The number of aromatic nitrogens is 1. The maximum Gasteiger partial charge on any atom is 0.224 e. The Morgan fingerprint density at radius 2 is 1.61 bits per heavy atom. The summed E-state index contributed by atoms with van der Waals surface area (Å²) in [5.74, 6) is 0.672. The molecule has 33 heavy (non-hydrogen) atoms. The lowest BCUT2D eigenvalue weighted by Crippen LogP contribution is -2.34. The van der Waals surface area contributed by atoms with Gasteiger partial charge in [0.15, 0.2) is 6.20 Å². The summed E-state index contributed by atoms with van der Waals surface area (Å²) in [5.41, 5.74) is 10.3. The van der Waals surface area contributed by atoms with Crippen molar-refractivity contribution in [2.45, 2.75) is 59.3 Å². The first-order valence-electron chi connectivity index (χ1n) is 12.5. The van der Waals surface area contributed by atoms with Crippen LogP contribution in [0.2, 0.25) is 0 Å². The van der Waals surface area contributed by atoms with Crippen molar-refractivity contribution in [3.8, 4) is 11.3 Å². The Labute approximate surface area is 197 Å². The topological polar surface area (TPSA) is 7.12 Å². The smallest absolute Gasteiger partial charge is 0.224 e. The van der Waals surface area contributed by atoms with Gasteiger partial charge in [-0.1, -0.05) is 44.2 Å². The summed E-state index contributed by atoms with van der Waals surface area (Å²) in [5, 5.41) is 5.50. The summed E-state index contributed by atoms with van der Waals surface area (Å²) in [6.45, 7) is 9.46. The van der Waals surface area contributed by atoms with E-state index in [1.165, 1.54) is 86.6 Å². The number of hydrogen-bond donors (Lipinski definition) is 0. The minimum atomic E-state index is 0.494. The normalized spacial score (nSPS) is 17.6. The van der Waals surface area contributed by atoms with Crippen LogP contribution in [0.15, 0.2) is 48.7 Å². The lowest BCUT2D eigenvalue weighted by molar-refractivity contribution is -0.659. The van der Waals surface area contributed by atoms with Gasteiger partial charge in [0, 0.05) is 13.1 Å². The van der Waals surface area contributed by atoms with Crippen LogP contribution in [0.3, 0.4) is 0 Å². The fraction of sp³-hybridized carbons (Fsp3) is 0.387. The quantitative estimate of drug-likeness (QED) is 0.276. The van der Waals surface area contributed by atoms with Crippen molar-refractivity contribution in [2.75, 3.05) is 11.9 Å². The Morgan fingerprint density at radius 1 is 0.939 bits per heavy atom. The second-order valence-corrected chi connectivity index (χ2v) is 11.3. The van der Waals surface area contributed by atoms with E-state index >= 15 is 0 Å². The van der Waals surface area contributed by atoms with Gasteiger partial charge in [-0.05, 0) is 89.8 Å². The van der Waals surface area contributed by atoms with Crippen LogP contribution in [0, 0.1) is 19.3 Å². The van der Waals surface area contributed by atoms with Gasteiger partial charge in [0.25, 0.3) is 0 Å². The molecular formula is C31H35N2+. The van der Waals surface area contributed by atoms with Crippen LogP contribution >= 0.6 is 0 Å². The number of fused-ring (bicyclic) bond motifs is 3. The van der Waals surface area contributed by atoms with Gasteiger partial charge in [0.1, 0.15) is 7.05 Å². The van der Waals surface area contributed by atoms with Gasteiger partial charge in [-0.25, -0.2) is 4.57 Å². The predicted molar refractivity (Wildman–Crippen MR) is 141 cm³/mol. The summed E-state index contributed by atoms with van der Waals surface area (Å²) in [4.78, 5) is 2.48. The van der Waals surface area contributed by atoms with E-state index in [4.69, 9.17) is 0 Å². The first kappa shape index (κ1) is 20.7. The van der Waals surface area contributed by atoms with E-state index in [2.05, 4.69) is 99.9 Å². The van der Waals surface area contributed by atoms with Gasteiger partial charge in [0.2, 0.25) is 5.69 Å². The first-order chi connectivity index (χ1) is 15.8. The summed E-state index contributed by atoms with van der Waals surface area (Å²) in [7, 11) is 4.48. The van der Waals surface area contributed by atoms with Crippen LogP contribution in [0.5, 0.6) is 0 Å². The number of aryl methyl sites for hydroxylation is 3. The van der Waals surface area contributed by atoms with Crippen LogP contribution in [0.25, 0.3) is 32.8 Å². The number of anilines is 2.